The van der Waals surface area contributed by atoms with Crippen molar-refractivity contribution in [2.75, 3.05) is 0 Å². The van der Waals surface area contributed by atoms with Crippen molar-refractivity contribution in [2.24, 2.45) is 11.8 Å². The summed E-state index contributed by atoms with van der Waals surface area (Å²) in [5.41, 5.74) is 0. The minimum absolute atomic E-state index is 0.863. The third-order valence-electron chi connectivity index (χ3n) is 3.73. The average molecular weight is 181 g/mol. The molecule has 4 atom stereocenters. The topological polar surface area (TPSA) is 12.0 Å². The molecule has 0 amide bonds. The second-order valence-electron chi connectivity index (χ2n) is 5.17. The Kier molecular flexibility index (Phi) is 2.92. The van der Waals surface area contributed by atoms with Gasteiger partial charge in [0.2, 0.25) is 0 Å². The highest BCUT2D eigenvalue weighted by atomic mass is 15.0. The lowest BCUT2D eigenvalue weighted by atomic mass is 10.1. The van der Waals surface area contributed by atoms with Crippen molar-refractivity contribution in [3.8, 4) is 0 Å². The summed E-state index contributed by atoms with van der Waals surface area (Å²) in [4.78, 5) is 0. The van der Waals surface area contributed by atoms with Gasteiger partial charge in [-0.25, -0.2) is 0 Å². The van der Waals surface area contributed by atoms with Crippen LogP contribution in [-0.4, -0.2) is 12.1 Å². The predicted octanol–water partition coefficient (Wildman–Crippen LogP) is 2.95. The van der Waals surface area contributed by atoms with E-state index in [1.165, 1.54) is 38.5 Å². The maximum absolute atomic E-state index is 3.82. The van der Waals surface area contributed by atoms with Gasteiger partial charge in [0.15, 0.2) is 0 Å². The van der Waals surface area contributed by atoms with Gasteiger partial charge in [0.05, 0.1) is 0 Å². The van der Waals surface area contributed by atoms with E-state index in [-0.39, 0.29) is 0 Å². The van der Waals surface area contributed by atoms with E-state index in [1.54, 1.807) is 0 Å². The van der Waals surface area contributed by atoms with Crippen LogP contribution in [0.2, 0.25) is 0 Å². The van der Waals surface area contributed by atoms with Crippen LogP contribution in [0, 0.1) is 11.8 Å². The molecule has 2 rings (SSSR count). The zero-order chi connectivity index (χ0) is 9.26. The van der Waals surface area contributed by atoms with Crippen LogP contribution in [0.5, 0.6) is 0 Å². The van der Waals surface area contributed by atoms with Gasteiger partial charge in [0.25, 0.3) is 0 Å². The molecule has 0 aliphatic heterocycles. The molecule has 0 aromatic heterocycles. The Balaban J connectivity index is 1.64. The molecule has 0 aromatic carbocycles. The minimum Gasteiger partial charge on any atom is -0.311 e. The molecule has 0 radical (unpaired) electrons. The van der Waals surface area contributed by atoms with Crippen molar-refractivity contribution in [1.29, 1.82) is 0 Å². The van der Waals surface area contributed by atoms with Gasteiger partial charge < -0.3 is 5.32 Å². The standard InChI is InChI=1S/C12H23N/c1-3-4-10-8-12(10)13-11-6-5-9(2)7-11/h9-13H,3-8H2,1-2H3. The lowest BCUT2D eigenvalue weighted by Crippen LogP contribution is -2.29. The molecule has 1 N–H and O–H groups in total. The van der Waals surface area contributed by atoms with Crippen LogP contribution < -0.4 is 5.32 Å². The Hall–Kier alpha value is -0.0400. The van der Waals surface area contributed by atoms with Gasteiger partial charge in [-0.15, -0.1) is 0 Å². The van der Waals surface area contributed by atoms with Crippen molar-refractivity contribution in [3.63, 3.8) is 0 Å². The number of rotatable bonds is 4. The van der Waals surface area contributed by atoms with Crippen LogP contribution in [0.4, 0.5) is 0 Å². The van der Waals surface area contributed by atoms with Gasteiger partial charge in [-0.2, -0.15) is 0 Å². The van der Waals surface area contributed by atoms with Gasteiger partial charge in [0.1, 0.15) is 0 Å². The first-order chi connectivity index (χ1) is 6.29. The molecule has 13 heavy (non-hydrogen) atoms. The summed E-state index contributed by atoms with van der Waals surface area (Å²) in [7, 11) is 0. The van der Waals surface area contributed by atoms with E-state index < -0.39 is 0 Å². The zero-order valence-electron chi connectivity index (χ0n) is 9.05. The zero-order valence-corrected chi connectivity index (χ0v) is 9.05. The van der Waals surface area contributed by atoms with Gasteiger partial charge >= 0.3 is 0 Å². The average Bonchev–Trinajstić information content (AvgIpc) is 2.66. The molecular weight excluding hydrogens is 158 g/mol. The summed E-state index contributed by atoms with van der Waals surface area (Å²) in [6.07, 6.45) is 8.57. The second-order valence-corrected chi connectivity index (χ2v) is 5.17. The SMILES string of the molecule is CCCC1CC1NC1CCC(C)C1. The molecule has 0 bridgehead atoms. The van der Waals surface area contributed by atoms with Crippen LogP contribution in [0.25, 0.3) is 0 Å². The predicted molar refractivity (Wildman–Crippen MR) is 56.7 cm³/mol. The third-order valence-corrected chi connectivity index (χ3v) is 3.73. The van der Waals surface area contributed by atoms with Crippen LogP contribution in [0.3, 0.4) is 0 Å². The Morgan fingerprint density at radius 3 is 2.69 bits per heavy atom. The molecule has 2 saturated carbocycles. The number of hydrogen-bond acceptors (Lipinski definition) is 1. The second kappa shape index (κ2) is 4.00. The minimum atomic E-state index is 0.863. The fourth-order valence-corrected chi connectivity index (χ4v) is 2.80. The fourth-order valence-electron chi connectivity index (χ4n) is 2.80. The number of hydrogen-bond donors (Lipinski definition) is 1. The van der Waals surface area contributed by atoms with E-state index in [0.29, 0.717) is 0 Å². The Morgan fingerprint density at radius 2 is 2.08 bits per heavy atom. The largest absolute Gasteiger partial charge is 0.311 e. The molecule has 0 spiro atoms. The van der Waals surface area contributed by atoms with E-state index in [1.807, 2.05) is 0 Å². The van der Waals surface area contributed by atoms with Gasteiger partial charge in [-0.3, -0.25) is 0 Å². The van der Waals surface area contributed by atoms with E-state index in [9.17, 15) is 0 Å². The summed E-state index contributed by atoms with van der Waals surface area (Å²) >= 11 is 0. The molecule has 1 heteroatoms. The summed E-state index contributed by atoms with van der Waals surface area (Å²) in [6.45, 7) is 4.69. The van der Waals surface area contributed by atoms with Gasteiger partial charge in [-0.1, -0.05) is 20.3 Å². The molecule has 2 aliphatic carbocycles. The summed E-state index contributed by atoms with van der Waals surface area (Å²) in [5, 5.41) is 3.82. The van der Waals surface area contributed by atoms with Crippen molar-refractivity contribution < 1.29 is 0 Å². The highest BCUT2D eigenvalue weighted by molar-refractivity contribution is 4.95. The lowest BCUT2D eigenvalue weighted by molar-refractivity contribution is 0.479. The molecule has 0 saturated heterocycles. The first-order valence-corrected chi connectivity index (χ1v) is 6.05. The fraction of sp³-hybridized carbons (Fsp3) is 1.00. The number of nitrogens with one attached hydrogen (secondary N) is 1. The maximum Gasteiger partial charge on any atom is 0.0102 e. The molecule has 0 aromatic rings. The molecule has 76 valence electrons. The van der Waals surface area contributed by atoms with Gasteiger partial charge in [-0.05, 0) is 43.9 Å². The van der Waals surface area contributed by atoms with E-state index >= 15 is 0 Å². The molecule has 4 unspecified atom stereocenters. The van der Waals surface area contributed by atoms with E-state index in [4.69, 9.17) is 0 Å². The molecule has 0 heterocycles. The van der Waals surface area contributed by atoms with Crippen LogP contribution in [0.15, 0.2) is 0 Å². The molecule has 2 fully saturated rings. The van der Waals surface area contributed by atoms with Crippen LogP contribution >= 0.6 is 0 Å². The van der Waals surface area contributed by atoms with Gasteiger partial charge in [0, 0.05) is 12.1 Å². The first-order valence-electron chi connectivity index (χ1n) is 6.05. The monoisotopic (exact) mass is 181 g/mol. The third kappa shape index (κ3) is 2.46. The lowest BCUT2D eigenvalue weighted by Gasteiger charge is -2.11. The summed E-state index contributed by atoms with van der Waals surface area (Å²) in [5.74, 6) is 2.00. The summed E-state index contributed by atoms with van der Waals surface area (Å²) in [6, 6.07) is 1.76. The molecule has 2 aliphatic rings. The van der Waals surface area contributed by atoms with Crippen LogP contribution in [-0.2, 0) is 0 Å². The molecular formula is C12H23N. The smallest absolute Gasteiger partial charge is 0.0102 e. The van der Waals surface area contributed by atoms with E-state index in [2.05, 4.69) is 19.2 Å². The quantitative estimate of drug-likeness (QED) is 0.703. The normalized spacial score (nSPS) is 43.8. The Morgan fingerprint density at radius 1 is 1.23 bits per heavy atom. The molecule has 1 nitrogen and oxygen atoms in total. The summed E-state index contributed by atoms with van der Waals surface area (Å²) < 4.78 is 0. The van der Waals surface area contributed by atoms with Crippen molar-refractivity contribution in [2.45, 2.75) is 64.5 Å². The highest BCUT2D eigenvalue weighted by Gasteiger charge is 2.38. The van der Waals surface area contributed by atoms with Crippen LogP contribution in [0.1, 0.15) is 52.4 Å². The van der Waals surface area contributed by atoms with Crippen molar-refractivity contribution in [1.82, 2.24) is 5.32 Å². The first kappa shape index (κ1) is 9.51. The Labute approximate surface area is 82.3 Å². The highest BCUT2D eigenvalue weighted by Crippen LogP contribution is 2.36. The maximum atomic E-state index is 3.82. The van der Waals surface area contributed by atoms with Crippen molar-refractivity contribution in [3.05, 3.63) is 0 Å². The van der Waals surface area contributed by atoms with E-state index in [0.717, 1.165) is 23.9 Å². The van der Waals surface area contributed by atoms with Crippen molar-refractivity contribution >= 4 is 0 Å². The Bertz CT molecular complexity index is 167.